The summed E-state index contributed by atoms with van der Waals surface area (Å²) >= 11 is 3.38. The summed E-state index contributed by atoms with van der Waals surface area (Å²) in [4.78, 5) is 16.3. The Morgan fingerprint density at radius 2 is 2.03 bits per heavy atom. The molecule has 0 spiro atoms. The number of ether oxygens (including phenoxy) is 1. The van der Waals surface area contributed by atoms with Crippen molar-refractivity contribution in [2.75, 3.05) is 18.9 Å². The van der Waals surface area contributed by atoms with Crippen LogP contribution in [0.2, 0.25) is 0 Å². The zero-order valence-electron chi connectivity index (χ0n) is 15.5. The van der Waals surface area contributed by atoms with E-state index >= 15 is 0 Å². The highest BCUT2D eigenvalue weighted by Crippen LogP contribution is 2.28. The van der Waals surface area contributed by atoms with Crippen molar-refractivity contribution in [1.82, 2.24) is 9.71 Å². The van der Waals surface area contributed by atoms with E-state index in [0.717, 1.165) is 0 Å². The molecule has 154 valence electrons. The summed E-state index contributed by atoms with van der Waals surface area (Å²) in [5.74, 6) is -0.802. The van der Waals surface area contributed by atoms with E-state index in [4.69, 9.17) is 9.15 Å². The van der Waals surface area contributed by atoms with E-state index in [9.17, 15) is 17.6 Å². The van der Waals surface area contributed by atoms with Crippen molar-refractivity contribution >= 4 is 42.9 Å². The molecular formula is C18H17BrFN3O5S. The van der Waals surface area contributed by atoms with Gasteiger partial charge in [0.05, 0.1) is 7.11 Å². The van der Waals surface area contributed by atoms with E-state index in [0.29, 0.717) is 27.6 Å². The second kappa shape index (κ2) is 8.47. The third kappa shape index (κ3) is 4.41. The lowest BCUT2D eigenvalue weighted by atomic mass is 10.00. The minimum absolute atomic E-state index is 0.0937. The molecule has 0 saturated carbocycles. The average Bonchev–Trinajstić information content (AvgIpc) is 2.70. The van der Waals surface area contributed by atoms with Gasteiger partial charge in [-0.15, -0.1) is 0 Å². The normalized spacial score (nSPS) is 11.6. The predicted octanol–water partition coefficient (Wildman–Crippen LogP) is 2.70. The molecule has 0 radical (unpaired) electrons. The van der Waals surface area contributed by atoms with Gasteiger partial charge >= 0.3 is 5.63 Å². The SMILES string of the molecule is CNS(=O)(=O)Nc1nccc(Cc2c(CBr)c3ccc(OC)cc3oc2=O)c1F. The molecule has 8 nitrogen and oxygen atoms in total. The van der Waals surface area contributed by atoms with Crippen molar-refractivity contribution < 1.29 is 22.0 Å². The number of alkyl halides is 1. The standard InChI is InChI=1S/C18H17BrFN3O5S/c1-21-29(25,26)23-17-16(20)10(5-6-22-17)7-13-14(9-19)12-4-3-11(27-2)8-15(12)28-18(13)24/h3-6,8,21H,7,9H2,1-2H3,(H,22,23). The minimum atomic E-state index is -3.94. The molecule has 29 heavy (non-hydrogen) atoms. The van der Waals surface area contributed by atoms with E-state index in [1.54, 1.807) is 18.2 Å². The van der Waals surface area contributed by atoms with Crippen LogP contribution in [0.25, 0.3) is 11.0 Å². The molecule has 3 rings (SSSR count). The molecule has 3 aromatic rings. The lowest BCUT2D eigenvalue weighted by molar-refractivity contribution is 0.414. The number of hydrogen-bond acceptors (Lipinski definition) is 6. The molecule has 0 bridgehead atoms. The van der Waals surface area contributed by atoms with Crippen LogP contribution in [0.4, 0.5) is 10.2 Å². The molecule has 0 atom stereocenters. The molecule has 11 heteroatoms. The van der Waals surface area contributed by atoms with Crippen LogP contribution in [0.3, 0.4) is 0 Å². The molecule has 1 aromatic carbocycles. The van der Waals surface area contributed by atoms with Crippen molar-refractivity contribution in [2.45, 2.75) is 11.8 Å². The molecule has 0 aliphatic rings. The third-order valence-corrected chi connectivity index (χ3v) is 5.86. The number of methoxy groups -OCH3 is 1. The number of benzene rings is 1. The van der Waals surface area contributed by atoms with Crippen LogP contribution in [0.15, 0.2) is 39.7 Å². The van der Waals surface area contributed by atoms with Crippen molar-refractivity contribution in [1.29, 1.82) is 0 Å². The van der Waals surface area contributed by atoms with Crippen molar-refractivity contribution in [3.63, 3.8) is 0 Å². The lowest BCUT2D eigenvalue weighted by Crippen LogP contribution is -2.27. The second-order valence-electron chi connectivity index (χ2n) is 5.96. The van der Waals surface area contributed by atoms with Gasteiger partial charge in [0.25, 0.3) is 10.2 Å². The zero-order chi connectivity index (χ0) is 21.2. The first kappa shape index (κ1) is 21.2. The van der Waals surface area contributed by atoms with Crippen molar-refractivity contribution in [3.05, 3.63) is 63.4 Å². The van der Waals surface area contributed by atoms with E-state index < -0.39 is 27.5 Å². The van der Waals surface area contributed by atoms with E-state index in [1.165, 1.54) is 26.4 Å². The van der Waals surface area contributed by atoms with Gasteiger partial charge in [-0.1, -0.05) is 15.9 Å². The number of aromatic nitrogens is 1. The van der Waals surface area contributed by atoms with Crippen LogP contribution in [0, 0.1) is 5.82 Å². The van der Waals surface area contributed by atoms with Crippen molar-refractivity contribution in [2.24, 2.45) is 0 Å². The van der Waals surface area contributed by atoms with Crippen molar-refractivity contribution in [3.8, 4) is 5.75 Å². The molecule has 0 aliphatic carbocycles. The van der Waals surface area contributed by atoms with Crippen LogP contribution >= 0.6 is 15.9 Å². The average molecular weight is 486 g/mol. The number of rotatable bonds is 7. The number of nitrogens with one attached hydrogen (secondary N) is 2. The van der Waals surface area contributed by atoms with Gasteiger partial charge in [-0.3, -0.25) is 4.72 Å². The maximum atomic E-state index is 14.8. The summed E-state index contributed by atoms with van der Waals surface area (Å²) in [6.45, 7) is 0. The minimum Gasteiger partial charge on any atom is -0.497 e. The first-order chi connectivity index (χ1) is 13.8. The molecule has 2 aromatic heterocycles. The third-order valence-electron chi connectivity index (χ3n) is 4.30. The van der Waals surface area contributed by atoms with Crippen LogP contribution in [0.1, 0.15) is 16.7 Å². The van der Waals surface area contributed by atoms with Crippen LogP contribution < -0.4 is 19.8 Å². The first-order valence-corrected chi connectivity index (χ1v) is 10.9. The number of hydrogen-bond donors (Lipinski definition) is 2. The molecular weight excluding hydrogens is 469 g/mol. The van der Waals surface area contributed by atoms with E-state index in [1.807, 2.05) is 9.44 Å². The maximum Gasteiger partial charge on any atom is 0.340 e. The van der Waals surface area contributed by atoms with Crippen LogP contribution in [-0.2, 0) is 22.0 Å². The number of fused-ring (bicyclic) bond motifs is 1. The summed E-state index contributed by atoms with van der Waals surface area (Å²) < 4.78 is 52.7. The predicted molar refractivity (Wildman–Crippen MR) is 110 cm³/mol. The Kier molecular flexibility index (Phi) is 6.20. The van der Waals surface area contributed by atoms with Gasteiger partial charge in [0, 0.05) is 42.0 Å². The van der Waals surface area contributed by atoms with Gasteiger partial charge in [0.2, 0.25) is 0 Å². The summed E-state index contributed by atoms with van der Waals surface area (Å²) in [5, 5.41) is 1.02. The fourth-order valence-corrected chi connectivity index (χ4v) is 3.94. The number of nitrogens with zero attached hydrogens (tertiary/aromatic N) is 1. The molecule has 0 unspecified atom stereocenters. The number of anilines is 1. The highest BCUT2D eigenvalue weighted by Gasteiger charge is 2.19. The Balaban J connectivity index is 2.09. The van der Waals surface area contributed by atoms with E-state index in [-0.39, 0.29) is 17.5 Å². The molecule has 0 saturated heterocycles. The van der Waals surface area contributed by atoms with Crippen LogP contribution in [0.5, 0.6) is 5.75 Å². The van der Waals surface area contributed by atoms with Gasteiger partial charge in [-0.05, 0) is 29.3 Å². The summed E-state index contributed by atoms with van der Waals surface area (Å²) in [7, 11) is -1.26. The molecule has 0 amide bonds. The van der Waals surface area contributed by atoms with E-state index in [2.05, 4.69) is 20.9 Å². The first-order valence-electron chi connectivity index (χ1n) is 8.33. The Labute approximate surface area is 174 Å². The van der Waals surface area contributed by atoms with Gasteiger partial charge in [-0.25, -0.2) is 18.9 Å². The Morgan fingerprint density at radius 1 is 1.28 bits per heavy atom. The maximum absolute atomic E-state index is 14.8. The Hall–Kier alpha value is -2.50. The molecule has 2 heterocycles. The largest absolute Gasteiger partial charge is 0.497 e. The van der Waals surface area contributed by atoms with Gasteiger partial charge < -0.3 is 9.15 Å². The number of halogens is 2. The van der Waals surface area contributed by atoms with Crippen LogP contribution in [-0.4, -0.2) is 27.6 Å². The molecule has 0 aliphatic heterocycles. The topological polar surface area (TPSA) is 111 Å². The number of pyridine rings is 1. The van der Waals surface area contributed by atoms with Gasteiger partial charge in [0.1, 0.15) is 11.3 Å². The highest BCUT2D eigenvalue weighted by molar-refractivity contribution is 9.08. The Morgan fingerprint density at radius 3 is 2.69 bits per heavy atom. The smallest absolute Gasteiger partial charge is 0.340 e. The molecule has 2 N–H and O–H groups in total. The Bertz CT molecular complexity index is 1230. The summed E-state index contributed by atoms with van der Waals surface area (Å²) in [5.41, 5.74) is 0.731. The molecule has 0 fully saturated rings. The highest BCUT2D eigenvalue weighted by atomic mass is 79.9. The zero-order valence-corrected chi connectivity index (χ0v) is 17.9. The van der Waals surface area contributed by atoms with Gasteiger partial charge in [-0.2, -0.15) is 8.42 Å². The lowest BCUT2D eigenvalue weighted by Gasteiger charge is -2.12. The fraction of sp³-hybridized carbons (Fsp3) is 0.222. The van der Waals surface area contributed by atoms with Gasteiger partial charge in [0.15, 0.2) is 11.6 Å². The quantitative estimate of drug-likeness (QED) is 0.393. The summed E-state index contributed by atoms with van der Waals surface area (Å²) in [6, 6.07) is 6.47. The fourth-order valence-electron chi connectivity index (χ4n) is 2.80. The second-order valence-corrected chi connectivity index (χ2v) is 8.14. The monoisotopic (exact) mass is 485 g/mol. The summed E-state index contributed by atoms with van der Waals surface area (Å²) in [6.07, 6.45) is 1.15.